The maximum absolute atomic E-state index is 13.4. The fourth-order valence-electron chi connectivity index (χ4n) is 3.32. The minimum Gasteiger partial charge on any atom is -0.244 e. The van der Waals surface area contributed by atoms with Crippen LogP contribution in [0.4, 0.5) is 0 Å². The molecule has 1 heterocycles. The smallest absolute Gasteiger partial charge is 0.244 e. The average Bonchev–Trinajstić information content (AvgIpc) is 3.25. The van der Waals surface area contributed by atoms with E-state index in [0.717, 1.165) is 33.8 Å². The number of benzene rings is 1. The lowest BCUT2D eigenvalue weighted by atomic mass is 9.94. The van der Waals surface area contributed by atoms with Crippen molar-refractivity contribution in [2.75, 3.05) is 0 Å². The SMILES string of the molecule is CC1(S(=O)(=O)n2ccc3ccccc32)C=C(C2CC2)C=C(Br)C1. The Morgan fingerprint density at radius 2 is 1.96 bits per heavy atom. The maximum atomic E-state index is 13.4. The van der Waals surface area contributed by atoms with Crippen molar-refractivity contribution in [1.29, 1.82) is 0 Å². The van der Waals surface area contributed by atoms with Gasteiger partial charge in [-0.05, 0) is 53.9 Å². The van der Waals surface area contributed by atoms with Gasteiger partial charge in [0.05, 0.1) is 5.52 Å². The fourth-order valence-corrected chi connectivity index (χ4v) is 6.07. The molecule has 1 aromatic heterocycles. The minimum atomic E-state index is -3.55. The van der Waals surface area contributed by atoms with Gasteiger partial charge < -0.3 is 0 Å². The fraction of sp³-hybridized carbons (Fsp3) is 0.333. The Bertz CT molecular complexity index is 950. The van der Waals surface area contributed by atoms with Crippen LogP contribution in [0.15, 0.2) is 58.7 Å². The van der Waals surface area contributed by atoms with Crippen LogP contribution >= 0.6 is 15.9 Å². The van der Waals surface area contributed by atoms with E-state index in [-0.39, 0.29) is 0 Å². The van der Waals surface area contributed by atoms with Crippen molar-refractivity contribution in [1.82, 2.24) is 3.97 Å². The van der Waals surface area contributed by atoms with E-state index >= 15 is 0 Å². The van der Waals surface area contributed by atoms with Gasteiger partial charge in [0.2, 0.25) is 10.0 Å². The third-order valence-corrected chi connectivity index (χ3v) is 7.56. The molecule has 0 radical (unpaired) electrons. The largest absolute Gasteiger partial charge is 0.248 e. The predicted molar refractivity (Wildman–Crippen MR) is 97.1 cm³/mol. The molecule has 2 aliphatic rings. The van der Waals surface area contributed by atoms with Crippen molar-refractivity contribution in [3.8, 4) is 0 Å². The highest BCUT2D eigenvalue weighted by molar-refractivity contribution is 9.11. The number of fused-ring (bicyclic) bond motifs is 1. The summed E-state index contributed by atoms with van der Waals surface area (Å²) in [5.41, 5.74) is 1.89. The molecule has 2 aromatic rings. The van der Waals surface area contributed by atoms with Crippen LogP contribution in [-0.2, 0) is 10.0 Å². The van der Waals surface area contributed by atoms with Crippen LogP contribution in [0.2, 0.25) is 0 Å². The number of aromatic nitrogens is 1. The Labute approximate surface area is 144 Å². The highest BCUT2D eigenvalue weighted by Crippen LogP contribution is 2.45. The molecule has 120 valence electrons. The molecule has 0 saturated heterocycles. The third-order valence-electron chi connectivity index (χ3n) is 4.78. The summed E-state index contributed by atoms with van der Waals surface area (Å²) >= 11 is 3.55. The normalized spacial score (nSPS) is 25.3. The molecule has 0 aliphatic heterocycles. The van der Waals surface area contributed by atoms with E-state index in [1.54, 1.807) is 6.20 Å². The number of allylic oxidation sites excluding steroid dienone is 3. The van der Waals surface area contributed by atoms with E-state index in [1.165, 1.54) is 3.97 Å². The van der Waals surface area contributed by atoms with Crippen LogP contribution in [0, 0.1) is 5.92 Å². The summed E-state index contributed by atoms with van der Waals surface area (Å²) in [5.74, 6) is 0.527. The van der Waals surface area contributed by atoms with E-state index in [2.05, 4.69) is 22.0 Å². The van der Waals surface area contributed by atoms with Crippen molar-refractivity contribution in [2.24, 2.45) is 5.92 Å². The van der Waals surface area contributed by atoms with E-state index in [0.29, 0.717) is 12.3 Å². The van der Waals surface area contributed by atoms with E-state index in [4.69, 9.17) is 0 Å². The van der Waals surface area contributed by atoms with Crippen LogP contribution in [-0.4, -0.2) is 17.1 Å². The van der Waals surface area contributed by atoms with Gasteiger partial charge in [-0.25, -0.2) is 12.4 Å². The molecular formula is C18H18BrNO2S. The van der Waals surface area contributed by atoms with Gasteiger partial charge in [-0.2, -0.15) is 0 Å². The molecule has 1 aromatic carbocycles. The molecule has 1 unspecified atom stereocenters. The van der Waals surface area contributed by atoms with Crippen molar-refractivity contribution in [3.63, 3.8) is 0 Å². The van der Waals surface area contributed by atoms with Gasteiger partial charge in [-0.3, -0.25) is 0 Å². The molecule has 4 rings (SSSR count). The number of rotatable bonds is 3. The highest BCUT2D eigenvalue weighted by Gasteiger charge is 2.43. The zero-order valence-electron chi connectivity index (χ0n) is 12.9. The van der Waals surface area contributed by atoms with Gasteiger partial charge in [-0.1, -0.05) is 40.2 Å². The highest BCUT2D eigenvalue weighted by atomic mass is 79.9. The van der Waals surface area contributed by atoms with Crippen LogP contribution in [0.1, 0.15) is 26.2 Å². The van der Waals surface area contributed by atoms with Crippen molar-refractivity contribution >= 4 is 36.9 Å². The van der Waals surface area contributed by atoms with Crippen LogP contribution < -0.4 is 0 Å². The predicted octanol–water partition coefficient (Wildman–Crippen LogP) is 4.60. The molecule has 2 aliphatic carbocycles. The summed E-state index contributed by atoms with van der Waals surface area (Å²) < 4.78 is 28.2. The van der Waals surface area contributed by atoms with Crippen LogP contribution in [0.25, 0.3) is 10.9 Å². The summed E-state index contributed by atoms with van der Waals surface area (Å²) in [6.45, 7) is 1.83. The van der Waals surface area contributed by atoms with Gasteiger partial charge in [0.15, 0.2) is 0 Å². The summed E-state index contributed by atoms with van der Waals surface area (Å²) in [7, 11) is -3.55. The zero-order chi connectivity index (χ0) is 16.2. The van der Waals surface area contributed by atoms with Crippen molar-refractivity contribution in [3.05, 3.63) is 58.7 Å². The van der Waals surface area contributed by atoms with Gasteiger partial charge in [0.25, 0.3) is 0 Å². The number of para-hydroxylation sites is 1. The van der Waals surface area contributed by atoms with E-state index in [1.807, 2.05) is 43.3 Å². The standard InChI is InChI=1S/C18H18BrNO2S/c1-18(11-15(13-6-7-13)10-16(19)12-18)23(21,22)20-9-8-14-4-2-3-5-17(14)20/h2-5,8-11,13H,6-7,12H2,1H3. The Hall–Kier alpha value is -1.33. The second-order valence-corrected chi connectivity index (χ2v) is 9.97. The first kappa shape index (κ1) is 15.2. The summed E-state index contributed by atoms with van der Waals surface area (Å²) in [6, 6.07) is 9.45. The Kier molecular flexibility index (Phi) is 3.36. The third kappa shape index (κ3) is 2.41. The molecule has 23 heavy (non-hydrogen) atoms. The molecule has 5 heteroatoms. The molecule has 1 saturated carbocycles. The topological polar surface area (TPSA) is 39.1 Å². The van der Waals surface area contributed by atoms with Crippen molar-refractivity contribution < 1.29 is 8.42 Å². The van der Waals surface area contributed by atoms with Gasteiger partial charge in [0.1, 0.15) is 4.75 Å². The first-order chi connectivity index (χ1) is 10.9. The Morgan fingerprint density at radius 3 is 2.70 bits per heavy atom. The van der Waals surface area contributed by atoms with E-state index < -0.39 is 14.8 Å². The Morgan fingerprint density at radius 1 is 1.22 bits per heavy atom. The Balaban J connectivity index is 1.86. The van der Waals surface area contributed by atoms with Gasteiger partial charge in [-0.15, -0.1) is 0 Å². The molecule has 0 bridgehead atoms. The van der Waals surface area contributed by atoms with Crippen LogP contribution in [0.3, 0.4) is 0 Å². The number of nitrogens with zero attached hydrogens (tertiary/aromatic N) is 1. The minimum absolute atomic E-state index is 0.470. The van der Waals surface area contributed by atoms with Crippen LogP contribution in [0.5, 0.6) is 0 Å². The average molecular weight is 392 g/mol. The molecule has 0 N–H and O–H groups in total. The van der Waals surface area contributed by atoms with Gasteiger partial charge >= 0.3 is 0 Å². The summed E-state index contributed by atoms with van der Waals surface area (Å²) in [6.07, 6.45) is 8.53. The first-order valence-corrected chi connectivity index (χ1v) is 10.0. The second kappa shape index (κ2) is 5.08. The first-order valence-electron chi connectivity index (χ1n) is 7.81. The molecule has 0 amide bonds. The lowest BCUT2D eigenvalue weighted by Gasteiger charge is -2.30. The van der Waals surface area contributed by atoms with Crippen molar-refractivity contribution in [2.45, 2.75) is 30.9 Å². The van der Waals surface area contributed by atoms with Gasteiger partial charge in [0, 0.05) is 18.0 Å². The molecular weight excluding hydrogens is 374 g/mol. The van der Waals surface area contributed by atoms with E-state index in [9.17, 15) is 8.42 Å². The summed E-state index contributed by atoms with van der Waals surface area (Å²) in [4.78, 5) is 0. The summed E-state index contributed by atoms with van der Waals surface area (Å²) in [5, 5.41) is 0.941. The zero-order valence-corrected chi connectivity index (χ0v) is 15.3. The number of hydrogen-bond donors (Lipinski definition) is 0. The molecule has 1 fully saturated rings. The maximum Gasteiger partial charge on any atom is 0.248 e. The molecule has 3 nitrogen and oxygen atoms in total. The molecule has 1 atom stereocenters. The lowest BCUT2D eigenvalue weighted by molar-refractivity contribution is 0.552. The quantitative estimate of drug-likeness (QED) is 0.766. The number of halogens is 1. The number of hydrogen-bond acceptors (Lipinski definition) is 2. The monoisotopic (exact) mass is 391 g/mol. The lowest BCUT2D eigenvalue weighted by Crippen LogP contribution is -2.39. The second-order valence-electron chi connectivity index (χ2n) is 6.67. The molecule has 0 spiro atoms.